The van der Waals surface area contributed by atoms with Gasteiger partial charge in [0, 0.05) is 6.61 Å². The lowest BCUT2D eigenvalue weighted by Crippen LogP contribution is -2.18. The van der Waals surface area contributed by atoms with Gasteiger partial charge in [0.05, 0.1) is 12.7 Å². The Bertz CT molecular complexity index is 113. The van der Waals surface area contributed by atoms with Gasteiger partial charge in [0.2, 0.25) is 0 Å². The summed E-state index contributed by atoms with van der Waals surface area (Å²) < 4.78 is 9.89. The molecule has 0 aromatic heterocycles. The van der Waals surface area contributed by atoms with E-state index in [2.05, 4.69) is 0 Å². The Morgan fingerprint density at radius 2 is 2.27 bits per heavy atom. The average molecular weight is 162 g/mol. The first-order valence-electron chi connectivity index (χ1n) is 3.58. The summed E-state index contributed by atoms with van der Waals surface area (Å²) in [4.78, 5) is 9.97. The van der Waals surface area contributed by atoms with Crippen molar-refractivity contribution in [1.29, 1.82) is 0 Å². The number of carboxylic acids is 1. The zero-order valence-electron chi connectivity index (χ0n) is 6.87. The van der Waals surface area contributed by atoms with Crippen LogP contribution in [0.15, 0.2) is 0 Å². The van der Waals surface area contributed by atoms with E-state index in [0.717, 1.165) is 0 Å². The number of rotatable bonds is 6. The first-order chi connectivity index (χ1) is 5.16. The molecule has 0 fully saturated rings. The quantitative estimate of drug-likeness (QED) is 0.618. The van der Waals surface area contributed by atoms with Crippen LogP contribution in [0.3, 0.4) is 0 Å². The molecule has 0 rings (SSSR count). The van der Waals surface area contributed by atoms with E-state index in [1.807, 2.05) is 13.8 Å². The maximum Gasteiger partial charge on any atom is 0.329 e. The van der Waals surface area contributed by atoms with Crippen molar-refractivity contribution in [3.05, 3.63) is 0 Å². The molecule has 0 radical (unpaired) electrons. The average Bonchev–Trinajstić information content (AvgIpc) is 1.87. The second-order valence-corrected chi connectivity index (χ2v) is 2.17. The van der Waals surface area contributed by atoms with Crippen LogP contribution in [0.4, 0.5) is 0 Å². The first-order valence-corrected chi connectivity index (χ1v) is 3.58. The molecule has 0 aliphatic rings. The van der Waals surface area contributed by atoms with Crippen molar-refractivity contribution < 1.29 is 19.4 Å². The smallest absolute Gasteiger partial charge is 0.329 e. The number of carbonyl (C=O) groups is 1. The lowest BCUT2D eigenvalue weighted by Gasteiger charge is -2.10. The first kappa shape index (κ1) is 10.4. The molecule has 66 valence electrons. The fourth-order valence-electron chi connectivity index (χ4n) is 0.645. The number of hydrogen-bond donors (Lipinski definition) is 1. The number of ether oxygens (including phenoxy) is 2. The van der Waals surface area contributed by atoms with E-state index in [9.17, 15) is 4.79 Å². The van der Waals surface area contributed by atoms with Gasteiger partial charge in [0.15, 0.2) is 0 Å². The van der Waals surface area contributed by atoms with Gasteiger partial charge in [-0.15, -0.1) is 0 Å². The summed E-state index contributed by atoms with van der Waals surface area (Å²) in [5.74, 6) is -0.950. The van der Waals surface area contributed by atoms with Crippen molar-refractivity contribution in [3.63, 3.8) is 0 Å². The van der Waals surface area contributed by atoms with E-state index in [0.29, 0.717) is 13.2 Å². The Morgan fingerprint density at radius 3 is 2.73 bits per heavy atom. The standard InChI is InChI=1S/C7H14O4/c1-3-11-6(2)4-10-5-7(8)9/h6H,3-5H2,1-2H3,(H,8,9). The third-order valence-corrected chi connectivity index (χ3v) is 1.03. The van der Waals surface area contributed by atoms with Crippen LogP contribution in [0.1, 0.15) is 13.8 Å². The molecular weight excluding hydrogens is 148 g/mol. The van der Waals surface area contributed by atoms with Gasteiger partial charge < -0.3 is 14.6 Å². The van der Waals surface area contributed by atoms with Crippen LogP contribution in [0.25, 0.3) is 0 Å². The Balaban J connectivity index is 3.16. The molecule has 0 heterocycles. The summed E-state index contributed by atoms with van der Waals surface area (Å²) in [6.45, 7) is 4.42. The lowest BCUT2D eigenvalue weighted by atomic mass is 10.4. The van der Waals surface area contributed by atoms with Gasteiger partial charge in [-0.3, -0.25) is 0 Å². The molecule has 0 amide bonds. The van der Waals surface area contributed by atoms with Crippen LogP contribution in [0.5, 0.6) is 0 Å². The molecule has 0 saturated carbocycles. The van der Waals surface area contributed by atoms with Crippen LogP contribution >= 0.6 is 0 Å². The zero-order valence-corrected chi connectivity index (χ0v) is 6.87. The molecule has 0 bridgehead atoms. The van der Waals surface area contributed by atoms with Gasteiger partial charge >= 0.3 is 5.97 Å². The molecule has 4 heteroatoms. The molecule has 0 aliphatic carbocycles. The largest absolute Gasteiger partial charge is 0.480 e. The normalized spacial score (nSPS) is 12.9. The number of hydrogen-bond acceptors (Lipinski definition) is 3. The molecule has 4 nitrogen and oxygen atoms in total. The summed E-state index contributed by atoms with van der Waals surface area (Å²) >= 11 is 0. The molecule has 11 heavy (non-hydrogen) atoms. The molecule has 1 unspecified atom stereocenters. The summed E-state index contributed by atoms with van der Waals surface area (Å²) in [5, 5.41) is 8.19. The third kappa shape index (κ3) is 7.29. The Kier molecular flexibility index (Phi) is 5.78. The highest BCUT2D eigenvalue weighted by atomic mass is 16.5. The van der Waals surface area contributed by atoms with E-state index >= 15 is 0 Å². The number of carboxylic acid groups (broad SMARTS) is 1. The zero-order chi connectivity index (χ0) is 8.69. The summed E-state index contributed by atoms with van der Waals surface area (Å²) in [6, 6.07) is 0. The van der Waals surface area contributed by atoms with Gasteiger partial charge in [-0.25, -0.2) is 4.79 Å². The van der Waals surface area contributed by atoms with Gasteiger partial charge in [0.25, 0.3) is 0 Å². The minimum absolute atomic E-state index is 0.0284. The topological polar surface area (TPSA) is 55.8 Å². The van der Waals surface area contributed by atoms with Gasteiger partial charge in [-0.1, -0.05) is 0 Å². The third-order valence-electron chi connectivity index (χ3n) is 1.03. The van der Waals surface area contributed by atoms with Gasteiger partial charge in [-0.2, -0.15) is 0 Å². The molecule has 0 aromatic rings. The van der Waals surface area contributed by atoms with E-state index in [-0.39, 0.29) is 12.7 Å². The molecule has 0 saturated heterocycles. The molecule has 1 N–H and O–H groups in total. The maximum atomic E-state index is 9.97. The van der Waals surface area contributed by atoms with Crippen LogP contribution in [0, 0.1) is 0 Å². The molecule has 1 atom stereocenters. The van der Waals surface area contributed by atoms with Crippen molar-refractivity contribution in [2.75, 3.05) is 19.8 Å². The summed E-state index contributed by atoms with van der Waals surface area (Å²) in [6.07, 6.45) is -0.0284. The van der Waals surface area contributed by atoms with Crippen LogP contribution in [0.2, 0.25) is 0 Å². The van der Waals surface area contributed by atoms with Gasteiger partial charge in [0.1, 0.15) is 6.61 Å². The Hall–Kier alpha value is -0.610. The molecule has 0 spiro atoms. The fraction of sp³-hybridized carbons (Fsp3) is 0.857. The second-order valence-electron chi connectivity index (χ2n) is 2.17. The monoisotopic (exact) mass is 162 g/mol. The predicted molar refractivity (Wildman–Crippen MR) is 39.5 cm³/mol. The highest BCUT2D eigenvalue weighted by Gasteiger charge is 2.02. The predicted octanol–water partition coefficient (Wildman–Crippen LogP) is 0.513. The SMILES string of the molecule is CCOC(C)COCC(=O)O. The van der Waals surface area contributed by atoms with Crippen molar-refractivity contribution in [2.45, 2.75) is 20.0 Å². The van der Waals surface area contributed by atoms with Crippen molar-refractivity contribution in [1.82, 2.24) is 0 Å². The summed E-state index contributed by atoms with van der Waals surface area (Å²) in [5.41, 5.74) is 0. The minimum atomic E-state index is -0.950. The van der Waals surface area contributed by atoms with E-state index in [1.165, 1.54) is 0 Å². The minimum Gasteiger partial charge on any atom is -0.480 e. The maximum absolute atomic E-state index is 9.97. The highest BCUT2D eigenvalue weighted by Crippen LogP contribution is 1.90. The van der Waals surface area contributed by atoms with E-state index in [4.69, 9.17) is 14.6 Å². The highest BCUT2D eigenvalue weighted by molar-refractivity contribution is 5.67. The Labute approximate surface area is 66.1 Å². The van der Waals surface area contributed by atoms with Crippen LogP contribution in [-0.2, 0) is 14.3 Å². The van der Waals surface area contributed by atoms with Crippen molar-refractivity contribution in [3.8, 4) is 0 Å². The van der Waals surface area contributed by atoms with E-state index in [1.54, 1.807) is 0 Å². The second kappa shape index (κ2) is 6.12. The van der Waals surface area contributed by atoms with Crippen molar-refractivity contribution >= 4 is 5.97 Å². The van der Waals surface area contributed by atoms with Crippen LogP contribution in [-0.4, -0.2) is 37.0 Å². The molecule has 0 aromatic carbocycles. The Morgan fingerprint density at radius 1 is 1.64 bits per heavy atom. The lowest BCUT2D eigenvalue weighted by molar-refractivity contribution is -0.143. The van der Waals surface area contributed by atoms with Gasteiger partial charge in [-0.05, 0) is 13.8 Å². The van der Waals surface area contributed by atoms with E-state index < -0.39 is 5.97 Å². The van der Waals surface area contributed by atoms with Crippen molar-refractivity contribution in [2.24, 2.45) is 0 Å². The fourth-order valence-corrected chi connectivity index (χ4v) is 0.645. The molecule has 0 aliphatic heterocycles. The van der Waals surface area contributed by atoms with Crippen LogP contribution < -0.4 is 0 Å². The summed E-state index contributed by atoms with van der Waals surface area (Å²) in [7, 11) is 0. The molecular formula is C7H14O4. The number of aliphatic carboxylic acids is 1.